The van der Waals surface area contributed by atoms with E-state index in [-0.39, 0.29) is 0 Å². The molecule has 3 fully saturated rings. The minimum atomic E-state index is 0.796. The van der Waals surface area contributed by atoms with Gasteiger partial charge in [-0.25, -0.2) is 5.01 Å². The van der Waals surface area contributed by atoms with E-state index in [1.54, 1.807) is 0 Å². The predicted octanol–water partition coefficient (Wildman–Crippen LogP) is 0.696. The van der Waals surface area contributed by atoms with Gasteiger partial charge in [-0.05, 0) is 38.6 Å². The average Bonchev–Trinajstić information content (AvgIpc) is 2.61. The molecule has 1 N–H and O–H groups in total. The van der Waals surface area contributed by atoms with Gasteiger partial charge in [-0.2, -0.15) is 0 Å². The highest BCUT2D eigenvalue weighted by molar-refractivity contribution is 4.93. The van der Waals surface area contributed by atoms with Crippen molar-refractivity contribution in [1.82, 2.24) is 15.3 Å². The van der Waals surface area contributed by atoms with Crippen LogP contribution in [-0.4, -0.2) is 61.9 Å². The molecule has 0 amide bonds. The molecule has 3 rings (SSSR count). The first-order valence-electron chi connectivity index (χ1n) is 7.12. The Morgan fingerprint density at radius 3 is 2.35 bits per heavy atom. The van der Waals surface area contributed by atoms with E-state index in [0.717, 1.165) is 44.3 Å². The molecule has 2 atom stereocenters. The summed E-state index contributed by atoms with van der Waals surface area (Å²) in [5.74, 6) is 0.912. The minimum Gasteiger partial charge on any atom is -0.379 e. The van der Waals surface area contributed by atoms with Crippen molar-refractivity contribution >= 4 is 0 Å². The summed E-state index contributed by atoms with van der Waals surface area (Å²) in [6, 6.07) is 1.59. The summed E-state index contributed by atoms with van der Waals surface area (Å²) >= 11 is 0. The van der Waals surface area contributed by atoms with E-state index in [4.69, 9.17) is 4.74 Å². The van der Waals surface area contributed by atoms with Crippen LogP contribution < -0.4 is 5.43 Å². The Morgan fingerprint density at radius 1 is 1.12 bits per heavy atom. The smallest absolute Gasteiger partial charge is 0.0594 e. The number of morpholine rings is 1. The Hall–Kier alpha value is -0.160. The lowest BCUT2D eigenvalue weighted by atomic mass is 9.91. The molecular formula is C13H25N3O. The number of fused-ring (bicyclic) bond motifs is 2. The van der Waals surface area contributed by atoms with Crippen LogP contribution in [0.2, 0.25) is 0 Å². The SMILES string of the molecule is CNN1C2CCC1CC(CN1CCOCC1)C2. The summed E-state index contributed by atoms with van der Waals surface area (Å²) in [4.78, 5) is 2.60. The second-order valence-electron chi connectivity index (χ2n) is 5.77. The molecule has 0 radical (unpaired) electrons. The van der Waals surface area contributed by atoms with Gasteiger partial charge in [0.15, 0.2) is 0 Å². The fourth-order valence-electron chi connectivity index (χ4n) is 3.95. The first-order valence-corrected chi connectivity index (χ1v) is 7.12. The van der Waals surface area contributed by atoms with Gasteiger partial charge >= 0.3 is 0 Å². The largest absolute Gasteiger partial charge is 0.379 e. The Bertz CT molecular complexity index is 241. The second kappa shape index (κ2) is 5.22. The zero-order chi connectivity index (χ0) is 11.7. The van der Waals surface area contributed by atoms with E-state index in [1.807, 2.05) is 0 Å². The van der Waals surface area contributed by atoms with Gasteiger partial charge in [-0.1, -0.05) is 0 Å². The van der Waals surface area contributed by atoms with Crippen LogP contribution in [0, 0.1) is 5.92 Å². The number of hydrazine groups is 1. The average molecular weight is 239 g/mol. The van der Waals surface area contributed by atoms with Crippen molar-refractivity contribution in [3.05, 3.63) is 0 Å². The van der Waals surface area contributed by atoms with Crippen LogP contribution in [0.5, 0.6) is 0 Å². The minimum absolute atomic E-state index is 0.796. The van der Waals surface area contributed by atoms with Crippen molar-refractivity contribution in [3.63, 3.8) is 0 Å². The number of ether oxygens (including phenoxy) is 1. The highest BCUT2D eigenvalue weighted by Crippen LogP contribution is 2.37. The molecule has 3 saturated heterocycles. The van der Waals surface area contributed by atoms with Gasteiger partial charge in [0, 0.05) is 31.7 Å². The lowest BCUT2D eigenvalue weighted by Crippen LogP contribution is -2.51. The van der Waals surface area contributed by atoms with Gasteiger partial charge in [0.05, 0.1) is 13.2 Å². The Morgan fingerprint density at radius 2 is 1.76 bits per heavy atom. The number of hydrogen-bond acceptors (Lipinski definition) is 4. The summed E-state index contributed by atoms with van der Waals surface area (Å²) in [5.41, 5.74) is 3.39. The fourth-order valence-corrected chi connectivity index (χ4v) is 3.95. The summed E-state index contributed by atoms with van der Waals surface area (Å²) in [7, 11) is 2.08. The Kier molecular flexibility index (Phi) is 3.66. The number of piperidine rings is 1. The van der Waals surface area contributed by atoms with E-state index in [2.05, 4.69) is 22.4 Å². The molecule has 4 nitrogen and oxygen atoms in total. The van der Waals surface area contributed by atoms with E-state index >= 15 is 0 Å². The molecule has 98 valence electrons. The molecule has 0 saturated carbocycles. The first kappa shape index (κ1) is 11.9. The molecule has 0 aromatic heterocycles. The number of hydrogen-bond donors (Lipinski definition) is 1. The van der Waals surface area contributed by atoms with Gasteiger partial charge in [-0.3, -0.25) is 10.3 Å². The molecule has 0 aromatic rings. The number of nitrogens with one attached hydrogen (secondary N) is 1. The van der Waals surface area contributed by atoms with Crippen LogP contribution in [0.1, 0.15) is 25.7 Å². The van der Waals surface area contributed by atoms with Gasteiger partial charge in [-0.15, -0.1) is 0 Å². The van der Waals surface area contributed by atoms with E-state index in [9.17, 15) is 0 Å². The first-order chi connectivity index (χ1) is 8.36. The fraction of sp³-hybridized carbons (Fsp3) is 1.00. The van der Waals surface area contributed by atoms with E-state index in [1.165, 1.54) is 32.2 Å². The molecule has 0 aromatic carbocycles. The molecule has 2 bridgehead atoms. The van der Waals surface area contributed by atoms with Gasteiger partial charge in [0.2, 0.25) is 0 Å². The van der Waals surface area contributed by atoms with Crippen LogP contribution >= 0.6 is 0 Å². The molecular weight excluding hydrogens is 214 g/mol. The Labute approximate surface area is 104 Å². The third-order valence-electron chi connectivity index (χ3n) is 4.71. The molecule has 0 spiro atoms. The van der Waals surface area contributed by atoms with E-state index < -0.39 is 0 Å². The van der Waals surface area contributed by atoms with E-state index in [0.29, 0.717) is 0 Å². The lowest BCUT2D eigenvalue weighted by Gasteiger charge is -2.40. The highest BCUT2D eigenvalue weighted by atomic mass is 16.5. The number of nitrogens with zero attached hydrogens (tertiary/aromatic N) is 2. The summed E-state index contributed by atoms with van der Waals surface area (Å²) in [6.07, 6.45) is 5.56. The topological polar surface area (TPSA) is 27.7 Å². The molecule has 3 aliphatic rings. The maximum Gasteiger partial charge on any atom is 0.0594 e. The zero-order valence-electron chi connectivity index (χ0n) is 10.9. The monoisotopic (exact) mass is 239 g/mol. The standard InChI is InChI=1S/C13H25N3O/c1-14-16-12-2-3-13(16)9-11(8-12)10-15-4-6-17-7-5-15/h11-14H,2-10H2,1H3. The second-order valence-corrected chi connectivity index (χ2v) is 5.77. The van der Waals surface area contributed by atoms with Crippen LogP contribution in [0.3, 0.4) is 0 Å². The Balaban J connectivity index is 1.53. The predicted molar refractivity (Wildman–Crippen MR) is 67.7 cm³/mol. The zero-order valence-corrected chi connectivity index (χ0v) is 10.9. The van der Waals surface area contributed by atoms with Crippen molar-refractivity contribution < 1.29 is 4.74 Å². The van der Waals surface area contributed by atoms with Crippen LogP contribution in [-0.2, 0) is 4.74 Å². The van der Waals surface area contributed by atoms with Crippen molar-refractivity contribution in [2.45, 2.75) is 37.8 Å². The lowest BCUT2D eigenvalue weighted by molar-refractivity contribution is 0.00913. The molecule has 2 unspecified atom stereocenters. The third-order valence-corrected chi connectivity index (χ3v) is 4.71. The quantitative estimate of drug-likeness (QED) is 0.784. The molecule has 3 aliphatic heterocycles. The van der Waals surface area contributed by atoms with Crippen molar-refractivity contribution in [2.75, 3.05) is 39.9 Å². The van der Waals surface area contributed by atoms with Crippen LogP contribution in [0.25, 0.3) is 0 Å². The van der Waals surface area contributed by atoms with Crippen molar-refractivity contribution in [3.8, 4) is 0 Å². The molecule has 0 aliphatic carbocycles. The maximum atomic E-state index is 5.42. The normalized spacial score (nSPS) is 39.7. The molecule has 4 heteroatoms. The summed E-state index contributed by atoms with van der Waals surface area (Å²) < 4.78 is 5.42. The van der Waals surface area contributed by atoms with Crippen molar-refractivity contribution in [2.24, 2.45) is 5.92 Å². The summed E-state index contributed by atoms with van der Waals surface area (Å²) in [5, 5.41) is 2.51. The highest BCUT2D eigenvalue weighted by Gasteiger charge is 2.40. The summed E-state index contributed by atoms with van der Waals surface area (Å²) in [6.45, 7) is 5.45. The molecule has 3 heterocycles. The van der Waals surface area contributed by atoms with Crippen LogP contribution in [0.15, 0.2) is 0 Å². The van der Waals surface area contributed by atoms with Crippen molar-refractivity contribution in [1.29, 1.82) is 0 Å². The molecule has 17 heavy (non-hydrogen) atoms. The van der Waals surface area contributed by atoms with Gasteiger partial charge in [0.1, 0.15) is 0 Å². The van der Waals surface area contributed by atoms with Crippen LogP contribution in [0.4, 0.5) is 0 Å². The van der Waals surface area contributed by atoms with Gasteiger partial charge in [0.25, 0.3) is 0 Å². The number of rotatable bonds is 3. The third kappa shape index (κ3) is 2.50. The van der Waals surface area contributed by atoms with Gasteiger partial charge < -0.3 is 4.74 Å². The maximum absolute atomic E-state index is 5.42.